The van der Waals surface area contributed by atoms with Crippen molar-refractivity contribution in [2.24, 2.45) is 4.99 Å². The number of amides is 1. The average Bonchev–Trinajstić information content (AvgIpc) is 3.15. The number of aliphatic imine (C=N–C) groups is 1. The lowest BCUT2D eigenvalue weighted by atomic mass is 10.2. The van der Waals surface area contributed by atoms with E-state index in [1.54, 1.807) is 23.9 Å². The number of thioether (sulfide) groups is 2. The normalized spacial score (nSPS) is 22.4. The van der Waals surface area contributed by atoms with Crippen molar-refractivity contribution >= 4 is 55.8 Å². The molecular weight excluding hydrogens is 414 g/mol. The van der Waals surface area contributed by atoms with Crippen molar-refractivity contribution in [2.75, 3.05) is 28.4 Å². The monoisotopic (exact) mass is 433 g/mol. The van der Waals surface area contributed by atoms with Gasteiger partial charge >= 0.3 is 0 Å². The molecule has 2 aromatic rings. The van der Waals surface area contributed by atoms with Gasteiger partial charge in [-0.05, 0) is 48.7 Å². The van der Waals surface area contributed by atoms with Crippen molar-refractivity contribution in [3.8, 4) is 0 Å². The van der Waals surface area contributed by atoms with Crippen molar-refractivity contribution in [1.29, 1.82) is 0 Å². The fraction of sp³-hybridized carbons (Fsp3) is 0.263. The molecule has 2 aliphatic heterocycles. The summed E-state index contributed by atoms with van der Waals surface area (Å²) in [4.78, 5) is 18.0. The van der Waals surface area contributed by atoms with Crippen LogP contribution in [0.1, 0.15) is 10.4 Å². The summed E-state index contributed by atoms with van der Waals surface area (Å²) in [5.74, 6) is 0.151. The van der Waals surface area contributed by atoms with Crippen molar-refractivity contribution in [1.82, 2.24) is 0 Å². The first-order chi connectivity index (χ1) is 13.4. The molecule has 0 bridgehead atoms. The Morgan fingerprint density at radius 3 is 2.64 bits per heavy atom. The second-order valence-electron chi connectivity index (χ2n) is 6.62. The number of sulfone groups is 1. The highest BCUT2D eigenvalue weighted by atomic mass is 32.2. The molecule has 4 rings (SSSR count). The SMILES string of the molecule is CSc1cccc(NC(=O)c2ccc(NC3=N[C@@H]4CS(=O)(=O)C[C@H]4S3)cc2)c1. The fourth-order valence-corrected chi connectivity index (χ4v) is 7.28. The summed E-state index contributed by atoms with van der Waals surface area (Å²) >= 11 is 3.10. The highest BCUT2D eigenvalue weighted by Crippen LogP contribution is 2.34. The molecule has 6 nitrogen and oxygen atoms in total. The molecule has 1 saturated heterocycles. The van der Waals surface area contributed by atoms with Gasteiger partial charge < -0.3 is 10.6 Å². The summed E-state index contributed by atoms with van der Waals surface area (Å²) < 4.78 is 23.3. The van der Waals surface area contributed by atoms with Gasteiger partial charge in [-0.1, -0.05) is 17.8 Å². The maximum absolute atomic E-state index is 12.4. The number of nitrogens with one attached hydrogen (secondary N) is 2. The Morgan fingerprint density at radius 1 is 1.14 bits per heavy atom. The summed E-state index contributed by atoms with van der Waals surface area (Å²) in [5.41, 5.74) is 2.14. The number of nitrogens with zero attached hydrogens (tertiary/aromatic N) is 1. The highest BCUT2D eigenvalue weighted by Gasteiger charge is 2.42. The zero-order chi connectivity index (χ0) is 19.7. The maximum atomic E-state index is 12.4. The lowest BCUT2D eigenvalue weighted by Gasteiger charge is -2.09. The minimum absolute atomic E-state index is 0.00889. The number of amidine groups is 1. The number of rotatable bonds is 4. The second-order valence-corrected chi connectivity index (χ2v) is 10.9. The van der Waals surface area contributed by atoms with Crippen molar-refractivity contribution < 1.29 is 13.2 Å². The van der Waals surface area contributed by atoms with Crippen LogP contribution in [0.2, 0.25) is 0 Å². The molecule has 0 aliphatic carbocycles. The van der Waals surface area contributed by atoms with Crippen LogP contribution in [-0.4, -0.2) is 48.5 Å². The number of benzene rings is 2. The smallest absolute Gasteiger partial charge is 0.255 e. The molecular formula is C19H19N3O3S3. The van der Waals surface area contributed by atoms with Gasteiger partial charge in [0.15, 0.2) is 15.0 Å². The number of fused-ring (bicyclic) bond motifs is 1. The van der Waals surface area contributed by atoms with Crippen molar-refractivity contribution in [3.05, 3.63) is 54.1 Å². The van der Waals surface area contributed by atoms with Gasteiger partial charge in [0.25, 0.3) is 5.91 Å². The van der Waals surface area contributed by atoms with E-state index in [0.29, 0.717) is 5.56 Å². The summed E-state index contributed by atoms with van der Waals surface area (Å²) in [6.45, 7) is 0. The van der Waals surface area contributed by atoms with E-state index in [-0.39, 0.29) is 28.7 Å². The highest BCUT2D eigenvalue weighted by molar-refractivity contribution is 8.15. The van der Waals surface area contributed by atoms with E-state index in [1.807, 2.05) is 42.7 Å². The third kappa shape index (κ3) is 4.37. The van der Waals surface area contributed by atoms with Crippen LogP contribution in [-0.2, 0) is 9.84 Å². The Bertz CT molecular complexity index is 1040. The molecule has 0 saturated carbocycles. The summed E-state index contributed by atoms with van der Waals surface area (Å²) in [6.07, 6.45) is 1.99. The Labute approximate surface area is 172 Å². The molecule has 1 amide bonds. The van der Waals surface area contributed by atoms with Gasteiger partial charge in [0.05, 0.1) is 17.5 Å². The molecule has 0 spiro atoms. The third-order valence-electron chi connectivity index (χ3n) is 4.54. The van der Waals surface area contributed by atoms with Crippen LogP contribution >= 0.6 is 23.5 Å². The van der Waals surface area contributed by atoms with Gasteiger partial charge in [0.2, 0.25) is 0 Å². The molecule has 0 radical (unpaired) electrons. The van der Waals surface area contributed by atoms with E-state index >= 15 is 0 Å². The van der Waals surface area contributed by atoms with E-state index in [0.717, 1.165) is 21.4 Å². The summed E-state index contributed by atoms with van der Waals surface area (Å²) in [6, 6.07) is 14.7. The van der Waals surface area contributed by atoms with Gasteiger partial charge in [-0.25, -0.2) is 8.42 Å². The van der Waals surface area contributed by atoms with Crippen LogP contribution in [0.5, 0.6) is 0 Å². The number of hydrogen-bond donors (Lipinski definition) is 2. The Balaban J connectivity index is 1.38. The molecule has 2 atom stereocenters. The first-order valence-corrected chi connectivity index (χ1v) is 12.6. The van der Waals surface area contributed by atoms with Gasteiger partial charge in [-0.3, -0.25) is 9.79 Å². The molecule has 0 unspecified atom stereocenters. The largest absolute Gasteiger partial charge is 0.335 e. The second kappa shape index (κ2) is 7.81. The van der Waals surface area contributed by atoms with Crippen LogP contribution in [0.4, 0.5) is 11.4 Å². The zero-order valence-electron chi connectivity index (χ0n) is 15.1. The van der Waals surface area contributed by atoms with Gasteiger partial charge in [-0.15, -0.1) is 11.8 Å². The molecule has 9 heteroatoms. The Hall–Kier alpha value is -1.97. The van der Waals surface area contributed by atoms with Gasteiger partial charge in [0, 0.05) is 27.1 Å². The van der Waals surface area contributed by atoms with Crippen LogP contribution in [0.25, 0.3) is 0 Å². The zero-order valence-corrected chi connectivity index (χ0v) is 17.5. The van der Waals surface area contributed by atoms with E-state index in [1.165, 1.54) is 11.8 Å². The van der Waals surface area contributed by atoms with Crippen LogP contribution in [0.3, 0.4) is 0 Å². The molecule has 28 heavy (non-hydrogen) atoms. The predicted molar refractivity (Wildman–Crippen MR) is 117 cm³/mol. The van der Waals surface area contributed by atoms with E-state index in [4.69, 9.17) is 0 Å². The molecule has 2 aromatic carbocycles. The van der Waals surface area contributed by atoms with Crippen molar-refractivity contribution in [2.45, 2.75) is 16.2 Å². The molecule has 2 heterocycles. The first-order valence-electron chi connectivity index (χ1n) is 8.69. The lowest BCUT2D eigenvalue weighted by Crippen LogP contribution is -2.13. The maximum Gasteiger partial charge on any atom is 0.255 e. The number of carbonyl (C=O) groups is 1. The molecule has 1 fully saturated rings. The van der Waals surface area contributed by atoms with E-state index in [9.17, 15) is 13.2 Å². The molecule has 2 aliphatic rings. The minimum Gasteiger partial charge on any atom is -0.335 e. The molecule has 0 aromatic heterocycles. The lowest BCUT2D eigenvalue weighted by molar-refractivity contribution is 0.102. The minimum atomic E-state index is -2.95. The molecule has 146 valence electrons. The van der Waals surface area contributed by atoms with Crippen LogP contribution in [0, 0.1) is 0 Å². The van der Waals surface area contributed by atoms with Gasteiger partial charge in [0.1, 0.15) is 0 Å². The number of carbonyl (C=O) groups excluding carboxylic acids is 1. The van der Waals surface area contributed by atoms with E-state index < -0.39 is 9.84 Å². The third-order valence-corrected chi connectivity index (χ3v) is 8.41. The van der Waals surface area contributed by atoms with Crippen LogP contribution < -0.4 is 10.6 Å². The fourth-order valence-electron chi connectivity index (χ4n) is 3.15. The standard InChI is InChI=1S/C19H19N3O3S3/c1-26-15-4-2-3-14(9-15)20-18(23)12-5-7-13(8-6-12)21-19-22-16-10-28(24,25)11-17(16)27-19/h2-9,16-17H,10-11H2,1H3,(H,20,23)(H,21,22)/t16-,17-/m1/s1. The summed E-state index contributed by atoms with van der Waals surface area (Å²) in [7, 11) is -2.95. The Morgan fingerprint density at radius 2 is 1.93 bits per heavy atom. The topological polar surface area (TPSA) is 87.6 Å². The van der Waals surface area contributed by atoms with Crippen LogP contribution in [0.15, 0.2) is 58.4 Å². The van der Waals surface area contributed by atoms with Crippen molar-refractivity contribution in [3.63, 3.8) is 0 Å². The number of anilines is 2. The summed E-state index contributed by atoms with van der Waals surface area (Å²) in [5, 5.41) is 6.86. The molecule has 2 N–H and O–H groups in total. The number of hydrogen-bond acceptors (Lipinski definition) is 7. The average molecular weight is 434 g/mol. The van der Waals surface area contributed by atoms with Gasteiger partial charge in [-0.2, -0.15) is 0 Å². The quantitative estimate of drug-likeness (QED) is 0.719. The first kappa shape index (κ1) is 19.4. The Kier molecular flexibility index (Phi) is 5.39. The van der Waals surface area contributed by atoms with E-state index in [2.05, 4.69) is 15.6 Å². The predicted octanol–water partition coefficient (Wildman–Crippen LogP) is 3.34.